The van der Waals surface area contributed by atoms with E-state index in [2.05, 4.69) is 74.9 Å². The second-order valence-corrected chi connectivity index (χ2v) is 22.3. The van der Waals surface area contributed by atoms with Gasteiger partial charge in [0.25, 0.3) is 0 Å². The quantitative estimate of drug-likeness (QED) is 0.122. The number of hydrogen-bond acceptors (Lipinski definition) is 10. The fraction of sp³-hybridized carbons (Fsp3) is 0.714. The van der Waals surface area contributed by atoms with E-state index in [0.717, 1.165) is 41.3 Å². The molecule has 11 atom stereocenters. The van der Waals surface area contributed by atoms with Gasteiger partial charge in [0.1, 0.15) is 36.3 Å². The molecule has 2 aliphatic heterocycles. The van der Waals surface area contributed by atoms with E-state index < -0.39 is 20.7 Å². The third kappa shape index (κ3) is 11.1. The van der Waals surface area contributed by atoms with Crippen LogP contribution in [0.2, 0.25) is 18.1 Å². The van der Waals surface area contributed by atoms with Gasteiger partial charge in [-0.15, -0.1) is 0 Å². The van der Waals surface area contributed by atoms with Gasteiger partial charge in [0, 0.05) is 44.6 Å². The van der Waals surface area contributed by atoms with Crippen molar-refractivity contribution in [2.75, 3.05) is 21.3 Å². The molecule has 2 saturated heterocycles. The molecular formula is C42H65BrO10Si. The molecule has 0 amide bonds. The highest BCUT2D eigenvalue weighted by molar-refractivity contribution is 9.10. The number of hydrogen-bond donors (Lipinski definition) is 0. The van der Waals surface area contributed by atoms with Gasteiger partial charge in [-0.2, -0.15) is 0 Å². The van der Waals surface area contributed by atoms with Gasteiger partial charge in [0.05, 0.1) is 18.6 Å². The van der Waals surface area contributed by atoms with Crippen molar-refractivity contribution < 1.29 is 47.2 Å². The van der Waals surface area contributed by atoms with Gasteiger partial charge in [-0.3, -0.25) is 9.59 Å². The molecule has 0 N–H and O–H groups in total. The predicted octanol–water partition coefficient (Wildman–Crippen LogP) is 9.05. The van der Waals surface area contributed by atoms with E-state index in [-0.39, 0.29) is 77.8 Å². The van der Waals surface area contributed by atoms with Crippen LogP contribution in [-0.2, 0) is 42.4 Å². The highest BCUT2D eigenvalue weighted by atomic mass is 79.9. The number of ether oxygens (including phenoxy) is 7. The summed E-state index contributed by atoms with van der Waals surface area (Å²) in [5, 5.41) is -0.0400. The topological polar surface area (TPSA) is 108 Å². The summed E-state index contributed by atoms with van der Waals surface area (Å²) in [6, 6.07) is 5.81. The van der Waals surface area contributed by atoms with E-state index >= 15 is 0 Å². The van der Waals surface area contributed by atoms with Gasteiger partial charge in [0.2, 0.25) is 6.29 Å². The number of allylic oxidation sites excluding steroid dienone is 2. The van der Waals surface area contributed by atoms with Crippen LogP contribution >= 0.6 is 15.9 Å². The van der Waals surface area contributed by atoms with Crippen molar-refractivity contribution in [3.63, 3.8) is 0 Å². The molecule has 2 heterocycles. The number of esters is 2. The summed E-state index contributed by atoms with van der Waals surface area (Å²) >= 11 is 3.73. The van der Waals surface area contributed by atoms with E-state index in [1.165, 1.54) is 6.92 Å². The summed E-state index contributed by atoms with van der Waals surface area (Å²) in [5.74, 6) is 0.00851. The maximum atomic E-state index is 13.5. The largest absolute Gasteiger partial charge is 0.462 e. The third-order valence-corrected chi connectivity index (χ3v) is 17.1. The van der Waals surface area contributed by atoms with Crippen LogP contribution in [-0.4, -0.2) is 90.6 Å². The number of halogens is 1. The molecule has 1 aliphatic carbocycles. The first-order valence-electron chi connectivity index (χ1n) is 19.6. The Labute approximate surface area is 333 Å². The molecule has 54 heavy (non-hydrogen) atoms. The lowest BCUT2D eigenvalue weighted by molar-refractivity contribution is -0.282. The van der Waals surface area contributed by atoms with Gasteiger partial charge in [0.15, 0.2) is 8.32 Å². The summed E-state index contributed by atoms with van der Waals surface area (Å²) in [4.78, 5) is 25.9. The minimum Gasteiger partial charge on any atom is -0.462 e. The number of benzene rings is 1. The van der Waals surface area contributed by atoms with Crippen LogP contribution in [0.4, 0.5) is 0 Å². The molecule has 4 rings (SSSR count). The van der Waals surface area contributed by atoms with Crippen molar-refractivity contribution in [2.24, 2.45) is 17.8 Å². The van der Waals surface area contributed by atoms with Crippen molar-refractivity contribution >= 4 is 42.3 Å². The molecule has 304 valence electrons. The van der Waals surface area contributed by atoms with Crippen molar-refractivity contribution in [2.45, 2.75) is 154 Å². The molecule has 0 saturated carbocycles. The Morgan fingerprint density at radius 1 is 1.02 bits per heavy atom. The first-order valence-corrected chi connectivity index (χ1v) is 23.3. The van der Waals surface area contributed by atoms with Gasteiger partial charge in [-0.1, -0.05) is 74.3 Å². The van der Waals surface area contributed by atoms with Gasteiger partial charge >= 0.3 is 11.9 Å². The zero-order chi connectivity index (χ0) is 40.0. The summed E-state index contributed by atoms with van der Waals surface area (Å²) in [7, 11) is 2.59. The lowest BCUT2D eigenvalue weighted by Gasteiger charge is -2.45. The molecule has 0 unspecified atom stereocenters. The lowest BCUT2D eigenvalue weighted by Crippen LogP contribution is -2.60. The zero-order valence-corrected chi connectivity index (χ0v) is 37.1. The molecule has 1 aromatic carbocycles. The second kappa shape index (κ2) is 19.4. The van der Waals surface area contributed by atoms with Crippen LogP contribution in [0.15, 0.2) is 40.4 Å². The highest BCUT2D eigenvalue weighted by Gasteiger charge is 2.48. The summed E-state index contributed by atoms with van der Waals surface area (Å²) in [6.07, 6.45) is 7.47. The molecule has 12 heteroatoms. The number of rotatable bonds is 11. The van der Waals surface area contributed by atoms with Crippen LogP contribution in [0.5, 0.6) is 5.75 Å². The molecule has 0 aromatic heterocycles. The molecule has 0 bridgehead atoms. The molecular weight excluding hydrogens is 772 g/mol. The number of carbonyl (C=O) groups excluding carboxylic acids is 2. The third-order valence-electron chi connectivity index (χ3n) is 11.9. The van der Waals surface area contributed by atoms with Gasteiger partial charge in [-0.05, 0) is 86.8 Å². The van der Waals surface area contributed by atoms with Crippen LogP contribution in [0.1, 0.15) is 92.6 Å². The fourth-order valence-electron chi connectivity index (χ4n) is 7.79. The van der Waals surface area contributed by atoms with E-state index in [4.69, 9.17) is 37.6 Å². The zero-order valence-electron chi connectivity index (χ0n) is 34.5. The average molecular weight is 838 g/mol. The Kier molecular flexibility index (Phi) is 16.0. The van der Waals surface area contributed by atoms with Crippen LogP contribution in [0.3, 0.4) is 0 Å². The molecule has 0 radical (unpaired) electrons. The van der Waals surface area contributed by atoms with Crippen LogP contribution in [0, 0.1) is 17.8 Å². The summed E-state index contributed by atoms with van der Waals surface area (Å²) < 4.78 is 50.1. The maximum absolute atomic E-state index is 13.5. The molecule has 1 aromatic rings. The smallest absolute Gasteiger partial charge is 0.310 e. The van der Waals surface area contributed by atoms with Gasteiger partial charge in [-0.25, -0.2) is 0 Å². The van der Waals surface area contributed by atoms with Crippen LogP contribution in [0.25, 0.3) is 6.08 Å². The Morgan fingerprint density at radius 3 is 2.31 bits per heavy atom. The van der Waals surface area contributed by atoms with Crippen LogP contribution < -0.4 is 4.74 Å². The van der Waals surface area contributed by atoms with E-state index in [0.29, 0.717) is 12.2 Å². The maximum Gasteiger partial charge on any atom is 0.310 e. The van der Waals surface area contributed by atoms with E-state index in [1.807, 2.05) is 32.0 Å². The molecule has 2 fully saturated rings. The first kappa shape index (κ1) is 44.6. The Bertz CT molecular complexity index is 1470. The minimum atomic E-state index is -2.29. The van der Waals surface area contributed by atoms with E-state index in [9.17, 15) is 9.59 Å². The number of methoxy groups -OCH3 is 3. The summed E-state index contributed by atoms with van der Waals surface area (Å²) in [5.41, 5.74) is 1.95. The van der Waals surface area contributed by atoms with Gasteiger partial charge < -0.3 is 37.6 Å². The standard InChI is InChI=1S/C42H65BrO10Si/c1-13-31-15-14-16-35(50-27(4)44)25(2)37(53-54(11,12)42(5,6)7)33-22-28(21-30(33)24-36(45)51-31)17-18-29-23-32(19-20-34(29)43)52-41-40(48-10)39(47-9)38(46-8)26(3)49-41/h17-21,23,25-26,28,31,33,35,37-41H,13-16,22,24H2,1-12H3/b18-17-/t25-,26+,28-,31+,33+,35+,37+,38+,39-,40-,41+/m1/s1. The minimum absolute atomic E-state index is 0.0279. The SMILES string of the molecule is CC[C@H]1CCC[C@H](OC(C)=O)[C@@H](C)[C@H](O[Si](C)(C)C(C)(C)C)[C@H]2C[C@H](/C=C\c3cc(O[C@@H]4O[C@@H](C)[C@H](OC)[C@@H](OC)[C@H]4OC)ccc3Br)C=C2CC(=O)O1. The Balaban J connectivity index is 1.66. The van der Waals surface area contributed by atoms with Crippen molar-refractivity contribution in [1.29, 1.82) is 0 Å². The highest BCUT2D eigenvalue weighted by Crippen LogP contribution is 2.46. The van der Waals surface area contributed by atoms with E-state index in [1.54, 1.807) is 21.3 Å². The van der Waals surface area contributed by atoms with Crippen molar-refractivity contribution in [1.82, 2.24) is 0 Å². The number of fused-ring (bicyclic) bond motifs is 1. The Morgan fingerprint density at radius 2 is 1.70 bits per heavy atom. The molecule has 0 spiro atoms. The molecule has 3 aliphatic rings. The molecule has 10 nitrogen and oxygen atoms in total. The predicted molar refractivity (Wildman–Crippen MR) is 216 cm³/mol. The average Bonchev–Trinajstić information content (AvgIpc) is 3.49. The number of carbonyl (C=O) groups is 2. The summed E-state index contributed by atoms with van der Waals surface area (Å²) in [6.45, 7) is 18.8. The Hall–Kier alpha value is -2.06. The first-order chi connectivity index (χ1) is 25.4. The second-order valence-electron chi connectivity index (χ2n) is 16.7. The van der Waals surface area contributed by atoms with Crippen molar-refractivity contribution in [3.8, 4) is 5.75 Å². The normalized spacial score (nSPS) is 32.9. The number of cyclic esters (lactones) is 1. The fourth-order valence-corrected chi connectivity index (χ4v) is 9.58. The lowest BCUT2D eigenvalue weighted by atomic mass is 9.81. The monoisotopic (exact) mass is 836 g/mol. The van der Waals surface area contributed by atoms with Crippen molar-refractivity contribution in [3.05, 3.63) is 46.0 Å².